The van der Waals surface area contributed by atoms with Gasteiger partial charge in [-0.25, -0.2) is 9.67 Å². The zero-order chi connectivity index (χ0) is 19.4. The zero-order valence-electron chi connectivity index (χ0n) is 15.2. The van der Waals surface area contributed by atoms with Gasteiger partial charge in [-0.2, -0.15) is 5.10 Å². The molecule has 1 aromatic heterocycles. The van der Waals surface area contributed by atoms with Crippen LogP contribution in [0.1, 0.15) is 51.7 Å². The quantitative estimate of drug-likeness (QED) is 0.712. The van der Waals surface area contributed by atoms with E-state index in [-0.39, 0.29) is 6.04 Å². The maximum absolute atomic E-state index is 10.8. The number of nitrogens with two attached hydrogens (primary N) is 1. The lowest BCUT2D eigenvalue weighted by Gasteiger charge is -2.18. The third-order valence-corrected chi connectivity index (χ3v) is 3.48. The molecule has 0 aliphatic heterocycles. The van der Waals surface area contributed by atoms with Crippen LogP contribution in [-0.4, -0.2) is 34.4 Å². The molecule has 3 rings (SSSR count). The van der Waals surface area contributed by atoms with Gasteiger partial charge < -0.3 is 5.73 Å². The van der Waals surface area contributed by atoms with E-state index in [4.69, 9.17) is 0 Å². The molecule has 0 radical (unpaired) electrons. The third kappa shape index (κ3) is 5.19. The van der Waals surface area contributed by atoms with Crippen molar-refractivity contribution in [2.24, 2.45) is 5.73 Å². The van der Waals surface area contributed by atoms with Gasteiger partial charge in [0.1, 0.15) is 31.3 Å². The molecule has 0 saturated carbocycles. The summed E-state index contributed by atoms with van der Waals surface area (Å²) < 4.78 is 1.74. The van der Waals surface area contributed by atoms with Gasteiger partial charge in [-0.1, -0.05) is 62.4 Å². The van der Waals surface area contributed by atoms with E-state index in [0.717, 1.165) is 23.7 Å². The van der Waals surface area contributed by atoms with Crippen molar-refractivity contribution < 1.29 is 9.59 Å². The normalized spacial score (nSPS) is 9.42. The van der Waals surface area contributed by atoms with Crippen molar-refractivity contribution in [3.63, 3.8) is 0 Å². The van der Waals surface area contributed by atoms with E-state index in [0.29, 0.717) is 11.1 Å². The molecule has 0 saturated heterocycles. The minimum Gasteiger partial charge on any atom is -0.333 e. The SMILES string of the molecule is CC.CN.O=Cc1ccc(C(c2ccc(C=O)cc2)n2cncn2)cc1. The van der Waals surface area contributed by atoms with Crippen LogP contribution in [-0.2, 0) is 0 Å². The van der Waals surface area contributed by atoms with Crippen LogP contribution in [0, 0.1) is 0 Å². The summed E-state index contributed by atoms with van der Waals surface area (Å²) >= 11 is 0. The van der Waals surface area contributed by atoms with E-state index < -0.39 is 0 Å². The summed E-state index contributed by atoms with van der Waals surface area (Å²) in [4.78, 5) is 25.6. The molecule has 0 fully saturated rings. The Bertz CT molecular complexity index is 715. The number of aldehydes is 2. The maximum Gasteiger partial charge on any atom is 0.150 e. The topological polar surface area (TPSA) is 90.9 Å². The lowest BCUT2D eigenvalue weighted by molar-refractivity contribution is 0.111. The second-order valence-electron chi connectivity index (χ2n) is 4.85. The van der Waals surface area contributed by atoms with Crippen LogP contribution in [0.5, 0.6) is 0 Å². The van der Waals surface area contributed by atoms with Crippen molar-refractivity contribution in [2.75, 3.05) is 7.05 Å². The first kappa shape index (κ1) is 20.9. The standard InChI is InChI=1S/C17H13N3O2.C2H6.CH5N/c21-9-13-1-5-15(6-2-13)17(20-12-18-11-19-20)16-7-3-14(10-22)4-8-16;2*1-2/h1-12,17H;1-2H3;2H2,1H3. The van der Waals surface area contributed by atoms with Crippen molar-refractivity contribution in [3.05, 3.63) is 83.4 Å². The summed E-state index contributed by atoms with van der Waals surface area (Å²) in [5.41, 5.74) is 7.71. The van der Waals surface area contributed by atoms with Crippen LogP contribution in [0.3, 0.4) is 0 Å². The van der Waals surface area contributed by atoms with E-state index >= 15 is 0 Å². The van der Waals surface area contributed by atoms with Crippen LogP contribution < -0.4 is 5.73 Å². The molecule has 0 aliphatic carbocycles. The highest BCUT2D eigenvalue weighted by Crippen LogP contribution is 2.26. The Labute approximate surface area is 153 Å². The number of nitrogens with zero attached hydrogens (tertiary/aromatic N) is 3. The van der Waals surface area contributed by atoms with Crippen LogP contribution in [0.15, 0.2) is 61.2 Å². The lowest BCUT2D eigenvalue weighted by Crippen LogP contribution is -2.13. The second kappa shape index (κ2) is 11.4. The molecular formula is C20H24N4O2. The summed E-state index contributed by atoms with van der Waals surface area (Å²) in [6.07, 6.45) is 4.75. The summed E-state index contributed by atoms with van der Waals surface area (Å²) in [7, 11) is 1.50. The number of rotatable bonds is 5. The Balaban J connectivity index is 0.000000791. The third-order valence-electron chi connectivity index (χ3n) is 3.48. The fourth-order valence-corrected chi connectivity index (χ4v) is 2.36. The maximum atomic E-state index is 10.8. The largest absolute Gasteiger partial charge is 0.333 e. The van der Waals surface area contributed by atoms with Gasteiger partial charge in [0.2, 0.25) is 0 Å². The van der Waals surface area contributed by atoms with E-state index in [1.54, 1.807) is 35.3 Å². The Morgan fingerprint density at radius 1 is 0.846 bits per heavy atom. The van der Waals surface area contributed by atoms with Crippen LogP contribution in [0.2, 0.25) is 0 Å². The molecule has 2 aromatic carbocycles. The number of hydrogen-bond acceptors (Lipinski definition) is 5. The fourth-order valence-electron chi connectivity index (χ4n) is 2.36. The average molecular weight is 352 g/mol. The second-order valence-corrected chi connectivity index (χ2v) is 4.85. The van der Waals surface area contributed by atoms with Crippen LogP contribution >= 0.6 is 0 Å². The minimum atomic E-state index is -0.163. The molecule has 0 atom stereocenters. The molecule has 26 heavy (non-hydrogen) atoms. The smallest absolute Gasteiger partial charge is 0.150 e. The van der Waals surface area contributed by atoms with Gasteiger partial charge >= 0.3 is 0 Å². The predicted octanol–water partition coefficient (Wildman–Crippen LogP) is 3.14. The first-order chi connectivity index (χ1) is 12.8. The molecule has 0 unspecified atom stereocenters. The molecule has 6 heteroatoms. The number of hydrogen-bond donors (Lipinski definition) is 1. The first-order valence-electron chi connectivity index (χ1n) is 8.34. The highest BCUT2D eigenvalue weighted by atomic mass is 16.1. The molecule has 1 heterocycles. The number of carbonyl (C=O) groups excluding carboxylic acids is 2. The highest BCUT2D eigenvalue weighted by Gasteiger charge is 2.17. The number of carbonyl (C=O) groups is 2. The van der Waals surface area contributed by atoms with Gasteiger partial charge in [-0.15, -0.1) is 0 Å². The summed E-state index contributed by atoms with van der Waals surface area (Å²) in [5, 5.41) is 4.22. The predicted molar refractivity (Wildman–Crippen MR) is 102 cm³/mol. The van der Waals surface area contributed by atoms with Crippen molar-refractivity contribution in [2.45, 2.75) is 19.9 Å². The molecule has 0 amide bonds. The summed E-state index contributed by atoms with van der Waals surface area (Å²) in [6, 6.07) is 14.5. The van der Waals surface area contributed by atoms with E-state index in [1.807, 2.05) is 38.1 Å². The average Bonchev–Trinajstić information content (AvgIpc) is 3.26. The van der Waals surface area contributed by atoms with Crippen molar-refractivity contribution in [1.29, 1.82) is 0 Å². The lowest BCUT2D eigenvalue weighted by atomic mass is 9.97. The summed E-state index contributed by atoms with van der Waals surface area (Å²) in [6.45, 7) is 4.00. The van der Waals surface area contributed by atoms with E-state index in [9.17, 15) is 9.59 Å². The van der Waals surface area contributed by atoms with Crippen molar-refractivity contribution in [3.8, 4) is 0 Å². The monoisotopic (exact) mass is 352 g/mol. The van der Waals surface area contributed by atoms with Gasteiger partial charge in [0.15, 0.2) is 0 Å². The molecule has 0 aliphatic rings. The Hall–Kier alpha value is -3.12. The molecule has 0 spiro atoms. The van der Waals surface area contributed by atoms with Gasteiger partial charge in [0, 0.05) is 11.1 Å². The van der Waals surface area contributed by atoms with E-state index in [2.05, 4.69) is 15.8 Å². The van der Waals surface area contributed by atoms with E-state index in [1.165, 1.54) is 13.4 Å². The molecule has 6 nitrogen and oxygen atoms in total. The van der Waals surface area contributed by atoms with Gasteiger partial charge in [-0.05, 0) is 18.2 Å². The molecular weight excluding hydrogens is 328 g/mol. The van der Waals surface area contributed by atoms with Crippen molar-refractivity contribution >= 4 is 12.6 Å². The molecule has 3 aromatic rings. The highest BCUT2D eigenvalue weighted by molar-refractivity contribution is 5.75. The van der Waals surface area contributed by atoms with Crippen LogP contribution in [0.4, 0.5) is 0 Å². The van der Waals surface area contributed by atoms with Gasteiger partial charge in [-0.3, -0.25) is 9.59 Å². The van der Waals surface area contributed by atoms with Gasteiger partial charge in [0.05, 0.1) is 0 Å². The first-order valence-corrected chi connectivity index (χ1v) is 8.34. The van der Waals surface area contributed by atoms with Crippen molar-refractivity contribution in [1.82, 2.24) is 14.8 Å². The molecule has 0 bridgehead atoms. The number of aromatic nitrogens is 3. The molecule has 136 valence electrons. The molecule has 2 N–H and O–H groups in total. The van der Waals surface area contributed by atoms with Crippen LogP contribution in [0.25, 0.3) is 0 Å². The number of benzene rings is 2. The Morgan fingerprint density at radius 2 is 1.27 bits per heavy atom. The van der Waals surface area contributed by atoms with Gasteiger partial charge in [0.25, 0.3) is 0 Å². The zero-order valence-corrected chi connectivity index (χ0v) is 15.2. The Kier molecular flexibility index (Phi) is 9.20. The fraction of sp³-hybridized carbons (Fsp3) is 0.200. The summed E-state index contributed by atoms with van der Waals surface area (Å²) in [5.74, 6) is 0. The minimum absolute atomic E-state index is 0.163. The Morgan fingerprint density at radius 3 is 1.58 bits per heavy atom.